The maximum atomic E-state index is 5.32. The third kappa shape index (κ3) is 4.45. The van der Waals surface area contributed by atoms with Gasteiger partial charge >= 0.3 is 0 Å². The molecule has 0 aliphatic rings. The lowest BCUT2D eigenvalue weighted by atomic mass is 10.3. The van der Waals surface area contributed by atoms with E-state index in [1.807, 2.05) is 6.08 Å². The van der Waals surface area contributed by atoms with Crippen LogP contribution in [0.4, 0.5) is 0 Å². The van der Waals surface area contributed by atoms with Crippen molar-refractivity contribution < 1.29 is 4.74 Å². The van der Waals surface area contributed by atoms with Gasteiger partial charge in [0, 0.05) is 13.3 Å². The first kappa shape index (κ1) is 12.2. The predicted octanol–water partition coefficient (Wildman–Crippen LogP) is 2.27. The van der Waals surface area contributed by atoms with Gasteiger partial charge in [-0.15, -0.1) is 6.58 Å². The lowest BCUT2D eigenvalue weighted by Gasteiger charge is -2.14. The summed E-state index contributed by atoms with van der Waals surface area (Å²) in [7, 11) is 0.908. The molecular weight excluding hydrogens is 200 g/mol. The largest absolute Gasteiger partial charge is 0.388 e. The molecule has 82 valence electrons. The Morgan fingerprint density at radius 2 is 2.07 bits per heavy atom. The van der Waals surface area contributed by atoms with Crippen molar-refractivity contribution in [2.24, 2.45) is 0 Å². The second-order valence-electron chi connectivity index (χ2n) is 3.78. The van der Waals surface area contributed by atoms with Gasteiger partial charge in [0.05, 0.1) is 0 Å². The van der Waals surface area contributed by atoms with E-state index in [1.165, 1.54) is 17.7 Å². The first-order valence-corrected chi connectivity index (χ1v) is 7.74. The van der Waals surface area contributed by atoms with Gasteiger partial charge in [0.25, 0.3) is 0 Å². The maximum absolute atomic E-state index is 5.32. The first-order valence-electron chi connectivity index (χ1n) is 5.53. The summed E-state index contributed by atoms with van der Waals surface area (Å²) in [6.07, 6.45) is 5.32. The lowest BCUT2D eigenvalue weighted by Crippen LogP contribution is -2.34. The summed E-state index contributed by atoms with van der Waals surface area (Å²) in [5.41, 5.74) is 0. The summed E-state index contributed by atoms with van der Waals surface area (Å²) in [5, 5.41) is 1.52. The van der Waals surface area contributed by atoms with Crippen molar-refractivity contribution >= 4 is 14.0 Å². The summed E-state index contributed by atoms with van der Waals surface area (Å²) in [6, 6.07) is 12.1. The summed E-state index contributed by atoms with van der Waals surface area (Å²) in [5.74, 6) is 0. The Bertz CT molecular complexity index is 271. The Morgan fingerprint density at radius 1 is 1.33 bits per heavy atom. The molecule has 2 heteroatoms. The summed E-state index contributed by atoms with van der Waals surface area (Å²) < 4.78 is 5.32. The molecule has 0 aromatic heterocycles. The number of ether oxygens (including phenoxy) is 1. The summed E-state index contributed by atoms with van der Waals surface area (Å²) in [4.78, 5) is 0. The zero-order valence-corrected chi connectivity index (χ0v) is 10.6. The monoisotopic (exact) mass is 220 g/mol. The molecule has 1 rings (SSSR count). The highest BCUT2D eigenvalue weighted by Crippen LogP contribution is 2.03. The topological polar surface area (TPSA) is 9.23 Å². The van der Waals surface area contributed by atoms with Gasteiger partial charge in [0.15, 0.2) is 0 Å². The van der Waals surface area contributed by atoms with Crippen LogP contribution in [0.3, 0.4) is 0 Å². The van der Waals surface area contributed by atoms with Gasteiger partial charge in [0.2, 0.25) is 0 Å². The fraction of sp³-hybridized carbons (Fsp3) is 0.385. The average Bonchev–Trinajstić information content (AvgIpc) is 2.29. The van der Waals surface area contributed by atoms with Crippen LogP contribution in [0.15, 0.2) is 43.0 Å². The van der Waals surface area contributed by atoms with E-state index in [1.54, 1.807) is 7.11 Å². The zero-order valence-electron chi connectivity index (χ0n) is 9.49. The van der Waals surface area contributed by atoms with Gasteiger partial charge in [-0.3, -0.25) is 0 Å². The molecule has 1 nitrogen and oxygen atoms in total. The van der Waals surface area contributed by atoms with Crippen LogP contribution in [0.1, 0.15) is 12.8 Å². The molecule has 0 saturated carbocycles. The van der Waals surface area contributed by atoms with Gasteiger partial charge in [-0.05, 0) is 6.42 Å². The minimum absolute atomic E-state index is 0.894. The van der Waals surface area contributed by atoms with Crippen LogP contribution in [0.25, 0.3) is 0 Å². The van der Waals surface area contributed by atoms with E-state index < -0.39 is 8.80 Å². The minimum Gasteiger partial charge on any atom is -0.388 e. The molecule has 0 spiro atoms. The highest BCUT2D eigenvalue weighted by Gasteiger charge is 2.11. The van der Waals surface area contributed by atoms with Crippen molar-refractivity contribution in [1.82, 2.24) is 0 Å². The van der Waals surface area contributed by atoms with E-state index in [2.05, 4.69) is 36.9 Å². The Balaban J connectivity index is 2.53. The Hall–Kier alpha value is -0.863. The Kier molecular flexibility index (Phi) is 6.05. The van der Waals surface area contributed by atoms with Crippen LogP contribution in [0.2, 0.25) is 6.04 Å². The Morgan fingerprint density at radius 3 is 2.67 bits per heavy atom. The fourth-order valence-electron chi connectivity index (χ4n) is 1.78. The maximum Gasteiger partial charge on any atom is 0.100 e. The molecule has 0 bridgehead atoms. The highest BCUT2D eigenvalue weighted by atomic mass is 28.3. The number of allylic oxidation sites excluding steroid dienone is 1. The molecule has 1 unspecified atom stereocenters. The molecule has 0 N–H and O–H groups in total. The number of hydrogen-bond donors (Lipinski definition) is 0. The van der Waals surface area contributed by atoms with Gasteiger partial charge in [-0.2, -0.15) is 0 Å². The predicted molar refractivity (Wildman–Crippen MR) is 69.3 cm³/mol. The molecule has 0 amide bonds. The average molecular weight is 220 g/mol. The lowest BCUT2D eigenvalue weighted by molar-refractivity contribution is 0.249. The van der Waals surface area contributed by atoms with Crippen LogP contribution in [-0.4, -0.2) is 22.1 Å². The van der Waals surface area contributed by atoms with E-state index in [0.29, 0.717) is 0 Å². The fourth-order valence-corrected chi connectivity index (χ4v) is 4.37. The van der Waals surface area contributed by atoms with Gasteiger partial charge < -0.3 is 4.74 Å². The third-order valence-electron chi connectivity index (χ3n) is 2.60. The Labute approximate surface area is 94.4 Å². The van der Waals surface area contributed by atoms with E-state index in [9.17, 15) is 0 Å². The number of methoxy groups -OCH3 is 1. The molecule has 0 saturated heterocycles. The second kappa shape index (κ2) is 7.43. The molecule has 0 radical (unpaired) electrons. The normalized spacial score (nSPS) is 12.3. The molecule has 1 aromatic rings. The van der Waals surface area contributed by atoms with Crippen molar-refractivity contribution in [2.45, 2.75) is 18.9 Å². The zero-order chi connectivity index (χ0) is 10.9. The molecule has 0 heterocycles. The molecular formula is C13H20OSi. The second-order valence-corrected chi connectivity index (χ2v) is 6.75. The standard InChI is InChI=1S/C13H20OSi/c1-3-4-8-11-15(12-14-2)13-9-6-5-7-10-13/h3,5-7,9-10,15H,1,4,8,11-12H2,2H3. The van der Waals surface area contributed by atoms with E-state index in [0.717, 1.165) is 12.7 Å². The van der Waals surface area contributed by atoms with Crippen LogP contribution in [-0.2, 0) is 4.74 Å². The first-order chi connectivity index (χ1) is 7.38. The minimum atomic E-state index is -0.894. The van der Waals surface area contributed by atoms with E-state index in [-0.39, 0.29) is 0 Å². The van der Waals surface area contributed by atoms with Crippen LogP contribution >= 0.6 is 0 Å². The number of hydrogen-bond acceptors (Lipinski definition) is 1. The van der Waals surface area contributed by atoms with Gasteiger partial charge in [-0.1, -0.05) is 54.1 Å². The third-order valence-corrected chi connectivity index (χ3v) is 5.77. The summed E-state index contributed by atoms with van der Waals surface area (Å²) >= 11 is 0. The van der Waals surface area contributed by atoms with E-state index >= 15 is 0 Å². The number of unbranched alkanes of at least 4 members (excludes halogenated alkanes) is 1. The quantitative estimate of drug-likeness (QED) is 0.389. The number of rotatable bonds is 7. The van der Waals surface area contributed by atoms with Crippen molar-refractivity contribution in [3.8, 4) is 0 Å². The van der Waals surface area contributed by atoms with Gasteiger partial charge in [0.1, 0.15) is 8.80 Å². The molecule has 0 aliphatic heterocycles. The van der Waals surface area contributed by atoms with Crippen LogP contribution in [0, 0.1) is 0 Å². The van der Waals surface area contributed by atoms with Crippen molar-refractivity contribution in [3.05, 3.63) is 43.0 Å². The van der Waals surface area contributed by atoms with Crippen molar-refractivity contribution in [1.29, 1.82) is 0 Å². The molecule has 0 fully saturated rings. The molecule has 15 heavy (non-hydrogen) atoms. The summed E-state index contributed by atoms with van der Waals surface area (Å²) in [6.45, 7) is 3.76. The molecule has 1 aromatic carbocycles. The smallest absolute Gasteiger partial charge is 0.100 e. The van der Waals surface area contributed by atoms with Crippen LogP contribution < -0.4 is 5.19 Å². The SMILES string of the molecule is C=CCCC[SiH](COC)c1ccccc1. The van der Waals surface area contributed by atoms with Gasteiger partial charge in [-0.25, -0.2) is 0 Å². The van der Waals surface area contributed by atoms with Crippen molar-refractivity contribution in [3.63, 3.8) is 0 Å². The molecule has 1 atom stereocenters. The highest BCUT2D eigenvalue weighted by molar-refractivity contribution is 6.73. The number of benzene rings is 1. The molecule has 0 aliphatic carbocycles. The van der Waals surface area contributed by atoms with Crippen molar-refractivity contribution in [2.75, 3.05) is 13.3 Å². The van der Waals surface area contributed by atoms with Crippen LogP contribution in [0.5, 0.6) is 0 Å². The van der Waals surface area contributed by atoms with E-state index in [4.69, 9.17) is 4.74 Å².